The summed E-state index contributed by atoms with van der Waals surface area (Å²) in [5, 5.41) is 0. The third kappa shape index (κ3) is 4.24. The fourth-order valence-corrected chi connectivity index (χ4v) is 5.13. The Labute approximate surface area is 190 Å². The standard InChI is InChI=1S/C23H20FN3O5S/c1-32-21-11-10-16(33(30,31)27-13-12-15-6-2-5-9-20(15)27)14-18(21)23(29)26-25-22(28)17-7-3-4-8-19(17)24/h2-11,14H,12-13H2,1H3,(H,25,28)(H,26,29). The summed E-state index contributed by atoms with van der Waals surface area (Å²) in [5.41, 5.74) is 5.44. The van der Waals surface area contributed by atoms with Gasteiger partial charge in [-0.1, -0.05) is 30.3 Å². The van der Waals surface area contributed by atoms with Crippen molar-refractivity contribution in [2.75, 3.05) is 18.0 Å². The number of rotatable bonds is 5. The maximum atomic E-state index is 13.8. The molecule has 0 aliphatic carbocycles. The highest BCUT2D eigenvalue weighted by Gasteiger charge is 2.31. The Balaban J connectivity index is 1.59. The van der Waals surface area contributed by atoms with E-state index >= 15 is 0 Å². The molecule has 2 amide bonds. The van der Waals surface area contributed by atoms with E-state index in [0.717, 1.165) is 11.6 Å². The summed E-state index contributed by atoms with van der Waals surface area (Å²) in [6, 6.07) is 16.4. The zero-order valence-electron chi connectivity index (χ0n) is 17.5. The highest BCUT2D eigenvalue weighted by Crippen LogP contribution is 2.33. The van der Waals surface area contributed by atoms with Crippen molar-refractivity contribution in [1.29, 1.82) is 0 Å². The molecular weight excluding hydrogens is 449 g/mol. The number of halogens is 1. The number of carbonyl (C=O) groups is 2. The number of sulfonamides is 1. The van der Waals surface area contributed by atoms with Gasteiger partial charge in [-0.05, 0) is 48.4 Å². The van der Waals surface area contributed by atoms with Crippen molar-refractivity contribution in [3.05, 3.63) is 89.2 Å². The molecule has 1 heterocycles. The summed E-state index contributed by atoms with van der Waals surface area (Å²) in [5.74, 6) is -2.33. The SMILES string of the molecule is COc1ccc(S(=O)(=O)N2CCc3ccccc32)cc1C(=O)NNC(=O)c1ccccc1F. The molecule has 33 heavy (non-hydrogen) atoms. The van der Waals surface area contributed by atoms with Crippen LogP contribution in [-0.2, 0) is 16.4 Å². The number of benzene rings is 3. The number of carbonyl (C=O) groups excluding carboxylic acids is 2. The van der Waals surface area contributed by atoms with Crippen molar-refractivity contribution in [3.63, 3.8) is 0 Å². The van der Waals surface area contributed by atoms with Crippen LogP contribution in [0.25, 0.3) is 0 Å². The minimum Gasteiger partial charge on any atom is -0.496 e. The van der Waals surface area contributed by atoms with Crippen LogP contribution in [0.4, 0.5) is 10.1 Å². The summed E-state index contributed by atoms with van der Waals surface area (Å²) in [4.78, 5) is 24.8. The van der Waals surface area contributed by atoms with Gasteiger partial charge in [0.15, 0.2) is 0 Å². The third-order valence-electron chi connectivity index (χ3n) is 5.26. The molecule has 0 bridgehead atoms. The second-order valence-corrected chi connectivity index (χ2v) is 9.07. The number of hydrogen-bond acceptors (Lipinski definition) is 5. The van der Waals surface area contributed by atoms with Crippen LogP contribution < -0.4 is 19.9 Å². The minimum absolute atomic E-state index is 0.105. The number of anilines is 1. The lowest BCUT2D eigenvalue weighted by atomic mass is 10.2. The summed E-state index contributed by atoms with van der Waals surface area (Å²) in [6.45, 7) is 0.286. The normalized spacial score (nSPS) is 12.7. The van der Waals surface area contributed by atoms with Gasteiger partial charge in [-0.3, -0.25) is 24.7 Å². The molecule has 1 aliphatic heterocycles. The molecule has 0 unspecified atom stereocenters. The fourth-order valence-electron chi connectivity index (χ4n) is 3.60. The number of nitrogens with one attached hydrogen (secondary N) is 2. The van der Waals surface area contributed by atoms with Gasteiger partial charge in [-0.25, -0.2) is 12.8 Å². The Morgan fingerprint density at radius 3 is 2.33 bits per heavy atom. The number of nitrogens with zero attached hydrogens (tertiary/aromatic N) is 1. The van der Waals surface area contributed by atoms with Crippen LogP contribution in [-0.4, -0.2) is 33.9 Å². The molecule has 2 N–H and O–H groups in total. The van der Waals surface area contributed by atoms with Crippen LogP contribution in [0.5, 0.6) is 5.75 Å². The Bertz CT molecular complexity index is 1340. The first-order valence-corrected chi connectivity index (χ1v) is 11.4. The summed E-state index contributed by atoms with van der Waals surface area (Å²) < 4.78 is 46.9. The maximum Gasteiger partial charge on any atom is 0.273 e. The predicted octanol–water partition coefficient (Wildman–Crippen LogP) is 2.66. The van der Waals surface area contributed by atoms with E-state index in [1.165, 1.54) is 47.8 Å². The quantitative estimate of drug-likeness (QED) is 0.559. The zero-order chi connectivity index (χ0) is 23.6. The van der Waals surface area contributed by atoms with E-state index < -0.39 is 27.7 Å². The monoisotopic (exact) mass is 469 g/mol. The van der Waals surface area contributed by atoms with Gasteiger partial charge >= 0.3 is 0 Å². The molecular formula is C23H20FN3O5S. The molecule has 10 heteroatoms. The van der Waals surface area contributed by atoms with Gasteiger partial charge in [0.05, 0.1) is 28.8 Å². The van der Waals surface area contributed by atoms with Crippen LogP contribution in [0.2, 0.25) is 0 Å². The number of fused-ring (bicyclic) bond motifs is 1. The number of methoxy groups -OCH3 is 1. The van der Waals surface area contributed by atoms with Gasteiger partial charge in [-0.15, -0.1) is 0 Å². The molecule has 0 fully saturated rings. The smallest absolute Gasteiger partial charge is 0.273 e. The molecule has 0 atom stereocenters. The molecule has 4 rings (SSSR count). The van der Waals surface area contributed by atoms with Crippen LogP contribution in [0.1, 0.15) is 26.3 Å². The van der Waals surface area contributed by atoms with E-state index in [9.17, 15) is 22.4 Å². The average molecular weight is 469 g/mol. The molecule has 0 saturated carbocycles. The maximum absolute atomic E-state index is 13.8. The fraction of sp³-hybridized carbons (Fsp3) is 0.130. The van der Waals surface area contributed by atoms with E-state index in [-0.39, 0.29) is 28.3 Å². The Hall–Kier alpha value is -3.92. The number of hydrogen-bond donors (Lipinski definition) is 2. The van der Waals surface area contributed by atoms with Crippen molar-refractivity contribution in [1.82, 2.24) is 10.9 Å². The van der Waals surface area contributed by atoms with Crippen LogP contribution in [0.3, 0.4) is 0 Å². The van der Waals surface area contributed by atoms with Gasteiger partial charge < -0.3 is 4.74 Å². The molecule has 1 aliphatic rings. The zero-order valence-corrected chi connectivity index (χ0v) is 18.4. The lowest BCUT2D eigenvalue weighted by Crippen LogP contribution is -2.42. The second-order valence-electron chi connectivity index (χ2n) is 7.21. The molecule has 8 nitrogen and oxygen atoms in total. The average Bonchev–Trinajstić information content (AvgIpc) is 3.27. The molecule has 3 aromatic rings. The Kier molecular flexibility index (Phi) is 6.01. The van der Waals surface area contributed by atoms with E-state index in [1.54, 1.807) is 12.1 Å². The molecule has 3 aromatic carbocycles. The molecule has 0 spiro atoms. The summed E-state index contributed by atoms with van der Waals surface area (Å²) >= 11 is 0. The summed E-state index contributed by atoms with van der Waals surface area (Å²) in [7, 11) is -2.62. The van der Waals surface area contributed by atoms with Crippen molar-refractivity contribution in [3.8, 4) is 5.75 Å². The highest BCUT2D eigenvalue weighted by atomic mass is 32.2. The van der Waals surface area contributed by atoms with Crippen LogP contribution >= 0.6 is 0 Å². The van der Waals surface area contributed by atoms with E-state index in [4.69, 9.17) is 4.74 Å². The number of hydrazine groups is 1. The first kappa shape index (κ1) is 22.3. The van der Waals surface area contributed by atoms with Gasteiger partial charge in [-0.2, -0.15) is 0 Å². The van der Waals surface area contributed by atoms with E-state index in [2.05, 4.69) is 10.9 Å². The van der Waals surface area contributed by atoms with Crippen molar-refractivity contribution >= 4 is 27.5 Å². The van der Waals surface area contributed by atoms with Crippen LogP contribution in [0, 0.1) is 5.82 Å². The van der Waals surface area contributed by atoms with E-state index in [1.807, 2.05) is 12.1 Å². The second kappa shape index (κ2) is 8.91. The molecule has 170 valence electrons. The topological polar surface area (TPSA) is 105 Å². The predicted molar refractivity (Wildman–Crippen MR) is 119 cm³/mol. The Morgan fingerprint density at radius 1 is 0.939 bits per heavy atom. The number of amides is 2. The first-order valence-electron chi connectivity index (χ1n) is 9.97. The van der Waals surface area contributed by atoms with Gasteiger partial charge in [0.2, 0.25) is 0 Å². The minimum atomic E-state index is -3.95. The van der Waals surface area contributed by atoms with Crippen molar-refractivity contribution in [2.24, 2.45) is 0 Å². The third-order valence-corrected chi connectivity index (χ3v) is 7.07. The summed E-state index contributed by atoms with van der Waals surface area (Å²) in [6.07, 6.45) is 0.584. The number of para-hydroxylation sites is 1. The van der Waals surface area contributed by atoms with Gasteiger partial charge in [0.1, 0.15) is 11.6 Å². The van der Waals surface area contributed by atoms with Crippen molar-refractivity contribution < 1.29 is 27.1 Å². The van der Waals surface area contributed by atoms with Crippen LogP contribution in [0.15, 0.2) is 71.6 Å². The van der Waals surface area contributed by atoms with Crippen molar-refractivity contribution in [2.45, 2.75) is 11.3 Å². The number of ether oxygens (including phenoxy) is 1. The lowest BCUT2D eigenvalue weighted by molar-refractivity contribution is 0.0842. The lowest BCUT2D eigenvalue weighted by Gasteiger charge is -2.20. The highest BCUT2D eigenvalue weighted by molar-refractivity contribution is 7.92. The van der Waals surface area contributed by atoms with E-state index in [0.29, 0.717) is 12.1 Å². The largest absolute Gasteiger partial charge is 0.496 e. The van der Waals surface area contributed by atoms with Gasteiger partial charge in [0.25, 0.3) is 21.8 Å². The van der Waals surface area contributed by atoms with Gasteiger partial charge in [0, 0.05) is 6.54 Å². The molecule has 0 aromatic heterocycles. The molecule has 0 radical (unpaired) electrons. The first-order chi connectivity index (χ1) is 15.8. The Morgan fingerprint density at radius 2 is 1.61 bits per heavy atom. The molecule has 0 saturated heterocycles.